The summed E-state index contributed by atoms with van der Waals surface area (Å²) >= 11 is 24.9. The van der Waals surface area contributed by atoms with Crippen LogP contribution in [0.2, 0.25) is 0 Å². The van der Waals surface area contributed by atoms with Crippen molar-refractivity contribution in [2.45, 2.75) is 35.4 Å². The Morgan fingerprint density at radius 2 is 1.20 bits per heavy atom. The predicted molar refractivity (Wildman–Crippen MR) is 80.5 cm³/mol. The maximum Gasteiger partial charge on any atom is 0.199 e. The maximum atomic E-state index is 12.5. The summed E-state index contributed by atoms with van der Waals surface area (Å²) in [6.07, 6.45) is 7.23. The number of ketones is 2. The summed E-state index contributed by atoms with van der Waals surface area (Å²) in [4.78, 5) is 22.0. The molecule has 108 valence electrons. The zero-order valence-electron chi connectivity index (χ0n) is 10.5. The van der Waals surface area contributed by atoms with Crippen LogP contribution in [0.15, 0.2) is 22.2 Å². The van der Waals surface area contributed by atoms with E-state index < -0.39 is 21.3 Å². The van der Waals surface area contributed by atoms with Crippen LogP contribution in [0.5, 0.6) is 0 Å². The number of hydrogen-bond acceptors (Lipinski definition) is 2. The summed E-state index contributed by atoms with van der Waals surface area (Å²) < 4.78 is 0. The Bertz CT molecular complexity index is 520. The highest BCUT2D eigenvalue weighted by atomic mass is 35.5. The molecule has 0 aromatic carbocycles. The fourth-order valence-electron chi connectivity index (χ4n) is 3.77. The molecule has 4 atom stereocenters. The first-order chi connectivity index (χ1) is 9.36. The van der Waals surface area contributed by atoms with Gasteiger partial charge in [-0.15, -0.1) is 23.2 Å². The Morgan fingerprint density at radius 1 is 0.850 bits per heavy atom. The van der Waals surface area contributed by atoms with Crippen LogP contribution < -0.4 is 0 Å². The molecule has 0 radical (unpaired) electrons. The van der Waals surface area contributed by atoms with Gasteiger partial charge >= 0.3 is 0 Å². The SMILES string of the molecule is O=C1C(Cl)=C(Cl)C(=O)[C@]2(Cl)C3CC/C=C\CCC3[C@]12Cl. The average molecular weight is 354 g/mol. The van der Waals surface area contributed by atoms with E-state index in [0.29, 0.717) is 0 Å². The fraction of sp³-hybridized carbons (Fsp3) is 0.571. The van der Waals surface area contributed by atoms with Gasteiger partial charge in [0.15, 0.2) is 11.6 Å². The second-order valence-corrected chi connectivity index (χ2v) is 7.50. The van der Waals surface area contributed by atoms with Crippen LogP contribution in [0.25, 0.3) is 0 Å². The van der Waals surface area contributed by atoms with Crippen molar-refractivity contribution < 1.29 is 9.59 Å². The van der Waals surface area contributed by atoms with Crippen molar-refractivity contribution in [1.29, 1.82) is 0 Å². The molecule has 2 nitrogen and oxygen atoms in total. The Hall–Kier alpha value is -0.0200. The molecule has 2 unspecified atom stereocenters. The van der Waals surface area contributed by atoms with Gasteiger partial charge in [-0.1, -0.05) is 35.4 Å². The molecule has 1 saturated carbocycles. The van der Waals surface area contributed by atoms with Gasteiger partial charge in [0.05, 0.1) is 0 Å². The first kappa shape index (κ1) is 14.9. The van der Waals surface area contributed by atoms with Crippen molar-refractivity contribution in [2.24, 2.45) is 11.8 Å². The zero-order valence-corrected chi connectivity index (χ0v) is 13.5. The Balaban J connectivity index is 2.12. The third kappa shape index (κ3) is 1.54. The molecule has 0 aromatic heterocycles. The molecular formula is C14H12Cl4O2. The quantitative estimate of drug-likeness (QED) is 0.484. The number of fused-ring (bicyclic) bond motifs is 4. The highest BCUT2D eigenvalue weighted by Crippen LogP contribution is 2.67. The first-order valence-electron chi connectivity index (χ1n) is 6.54. The fourth-order valence-corrected chi connectivity index (χ4v) is 5.50. The van der Waals surface area contributed by atoms with E-state index in [2.05, 4.69) is 12.2 Å². The summed E-state index contributed by atoms with van der Waals surface area (Å²) in [6.45, 7) is 0. The molecule has 0 saturated heterocycles. The van der Waals surface area contributed by atoms with Crippen molar-refractivity contribution in [2.75, 3.05) is 0 Å². The lowest BCUT2D eigenvalue weighted by atomic mass is 9.48. The van der Waals surface area contributed by atoms with Crippen LogP contribution in [0.1, 0.15) is 25.7 Å². The lowest BCUT2D eigenvalue weighted by Crippen LogP contribution is -2.78. The molecule has 0 aliphatic heterocycles. The zero-order chi connectivity index (χ0) is 14.7. The highest BCUT2D eigenvalue weighted by molar-refractivity contribution is 6.67. The maximum absolute atomic E-state index is 12.5. The van der Waals surface area contributed by atoms with Crippen molar-refractivity contribution >= 4 is 58.0 Å². The van der Waals surface area contributed by atoms with Crippen LogP contribution in [0.4, 0.5) is 0 Å². The minimum atomic E-state index is -1.45. The second-order valence-electron chi connectivity index (χ2n) is 5.55. The summed E-state index contributed by atoms with van der Waals surface area (Å²) in [5, 5.41) is -0.557. The van der Waals surface area contributed by atoms with E-state index in [1.54, 1.807) is 0 Å². The summed E-state index contributed by atoms with van der Waals surface area (Å²) in [5.74, 6) is -1.29. The van der Waals surface area contributed by atoms with E-state index in [9.17, 15) is 9.59 Å². The lowest BCUT2D eigenvalue weighted by molar-refractivity contribution is -0.141. The van der Waals surface area contributed by atoms with E-state index in [1.165, 1.54) is 0 Å². The van der Waals surface area contributed by atoms with Gasteiger partial charge in [0.25, 0.3) is 0 Å². The third-order valence-electron chi connectivity index (χ3n) is 4.74. The largest absolute Gasteiger partial charge is 0.291 e. The molecule has 3 aliphatic rings. The normalized spacial score (nSPS) is 46.0. The van der Waals surface area contributed by atoms with Gasteiger partial charge < -0.3 is 0 Å². The number of alkyl halides is 2. The summed E-state index contributed by atoms with van der Waals surface area (Å²) in [7, 11) is 0. The van der Waals surface area contributed by atoms with Crippen molar-refractivity contribution in [3.63, 3.8) is 0 Å². The monoisotopic (exact) mass is 352 g/mol. The number of allylic oxidation sites excluding steroid dienone is 4. The van der Waals surface area contributed by atoms with Gasteiger partial charge in [0.1, 0.15) is 19.8 Å². The van der Waals surface area contributed by atoms with E-state index in [0.717, 1.165) is 25.7 Å². The summed E-state index contributed by atoms with van der Waals surface area (Å²) in [6, 6.07) is 0. The highest BCUT2D eigenvalue weighted by Gasteiger charge is 2.78. The van der Waals surface area contributed by atoms with Crippen molar-refractivity contribution in [3.8, 4) is 0 Å². The molecule has 0 N–H and O–H groups in total. The Morgan fingerprint density at radius 3 is 1.55 bits per heavy atom. The van der Waals surface area contributed by atoms with Gasteiger partial charge in [0.2, 0.25) is 0 Å². The minimum Gasteiger partial charge on any atom is -0.291 e. The Kier molecular flexibility index (Phi) is 3.53. The first-order valence-corrected chi connectivity index (χ1v) is 8.05. The molecule has 0 spiro atoms. The van der Waals surface area contributed by atoms with Crippen LogP contribution in [0, 0.1) is 11.8 Å². The van der Waals surface area contributed by atoms with Crippen molar-refractivity contribution in [1.82, 2.24) is 0 Å². The van der Waals surface area contributed by atoms with Gasteiger partial charge in [-0.3, -0.25) is 9.59 Å². The Labute approximate surface area is 137 Å². The smallest absolute Gasteiger partial charge is 0.199 e. The van der Waals surface area contributed by atoms with Gasteiger partial charge in [-0.05, 0) is 37.5 Å². The van der Waals surface area contributed by atoms with Crippen LogP contribution in [-0.4, -0.2) is 21.3 Å². The molecule has 0 aromatic rings. The molecule has 1 fully saturated rings. The van der Waals surface area contributed by atoms with Gasteiger partial charge in [0, 0.05) is 0 Å². The topological polar surface area (TPSA) is 34.1 Å². The molecular weight excluding hydrogens is 342 g/mol. The third-order valence-corrected chi connectivity index (χ3v) is 7.16. The molecule has 3 rings (SSSR count). The van der Waals surface area contributed by atoms with Crippen LogP contribution in [-0.2, 0) is 9.59 Å². The number of Topliss-reactive ketones (excluding diaryl/α,β-unsaturated/α-hetero) is 2. The number of hydrogen-bond donors (Lipinski definition) is 0. The number of rotatable bonds is 0. The number of carbonyl (C=O) groups is 2. The van der Waals surface area contributed by atoms with Crippen molar-refractivity contribution in [3.05, 3.63) is 22.2 Å². The van der Waals surface area contributed by atoms with E-state index >= 15 is 0 Å². The van der Waals surface area contributed by atoms with E-state index in [4.69, 9.17) is 46.4 Å². The standard InChI is InChI=1S/C14H12Cl4O2/c15-9-10(16)12(20)14(18)8-6-4-2-1-3-5-7(8)13(14,17)11(9)19/h1-2,7-8H,3-6H2/b2-1-/t7?,8?,13-,14+. The molecule has 3 aliphatic carbocycles. The van der Waals surface area contributed by atoms with Crippen LogP contribution in [0.3, 0.4) is 0 Å². The van der Waals surface area contributed by atoms with Gasteiger partial charge in [-0.25, -0.2) is 0 Å². The van der Waals surface area contributed by atoms with Gasteiger partial charge in [-0.2, -0.15) is 0 Å². The predicted octanol–water partition coefficient (Wildman–Crippen LogP) is 4.16. The lowest BCUT2D eigenvalue weighted by Gasteiger charge is -2.63. The molecule has 6 heteroatoms. The molecule has 0 amide bonds. The molecule has 20 heavy (non-hydrogen) atoms. The molecule has 0 heterocycles. The minimum absolute atomic E-state index is 0.137. The number of halogens is 4. The average Bonchev–Trinajstić information content (AvgIpc) is 2.41. The van der Waals surface area contributed by atoms with E-state index in [-0.39, 0.29) is 21.9 Å². The van der Waals surface area contributed by atoms with Crippen LogP contribution >= 0.6 is 46.4 Å². The number of carbonyl (C=O) groups excluding carboxylic acids is 2. The molecule has 0 bridgehead atoms. The summed E-state index contributed by atoms with van der Waals surface area (Å²) in [5.41, 5.74) is 0. The second kappa shape index (κ2) is 4.74. The van der Waals surface area contributed by atoms with E-state index in [1.807, 2.05) is 0 Å².